The van der Waals surface area contributed by atoms with E-state index in [0.717, 1.165) is 6.21 Å². The maximum Gasteiger partial charge on any atom is 0.370 e. The van der Waals surface area contributed by atoms with Gasteiger partial charge in [-0.1, -0.05) is 0 Å². The van der Waals surface area contributed by atoms with E-state index >= 15 is 0 Å². The minimum atomic E-state index is -3.74. The lowest BCUT2D eigenvalue weighted by atomic mass is 10.2. The van der Waals surface area contributed by atoms with Crippen molar-refractivity contribution >= 4 is 18.1 Å². The van der Waals surface area contributed by atoms with Crippen LogP contribution in [0, 0.1) is 10.8 Å². The number of rotatable bonds is 6. The average molecular weight is 193 g/mol. The van der Waals surface area contributed by atoms with Crippen LogP contribution in [0.5, 0.6) is 0 Å². The summed E-state index contributed by atoms with van der Waals surface area (Å²) in [7, 11) is 0. The topological polar surface area (TPSA) is 60.1 Å². The van der Waals surface area contributed by atoms with Crippen LogP contribution in [0.25, 0.3) is 0 Å². The second-order valence-corrected chi connectivity index (χ2v) is 2.29. The molecule has 0 saturated carbocycles. The van der Waals surface area contributed by atoms with Crippen molar-refractivity contribution in [3.05, 3.63) is 0 Å². The van der Waals surface area contributed by atoms with Gasteiger partial charge >= 0.3 is 6.05 Å². The van der Waals surface area contributed by atoms with Crippen molar-refractivity contribution < 1.29 is 13.2 Å². The van der Waals surface area contributed by atoms with Gasteiger partial charge in [0.2, 0.25) is 0 Å². The fourth-order valence-electron chi connectivity index (χ4n) is 0.620. The second-order valence-electron chi connectivity index (χ2n) is 2.29. The van der Waals surface area contributed by atoms with Gasteiger partial charge in [-0.2, -0.15) is 8.78 Å². The Labute approximate surface area is 73.7 Å². The van der Waals surface area contributed by atoms with E-state index in [9.17, 15) is 13.2 Å². The molecule has 0 aliphatic rings. The van der Waals surface area contributed by atoms with E-state index < -0.39 is 12.7 Å². The zero-order valence-corrected chi connectivity index (χ0v) is 6.86. The zero-order valence-electron chi connectivity index (χ0n) is 6.86. The summed E-state index contributed by atoms with van der Waals surface area (Å²) in [5, 5.41) is 13.3. The van der Waals surface area contributed by atoms with Gasteiger partial charge in [0.15, 0.2) is 6.67 Å². The third-order valence-electron chi connectivity index (χ3n) is 1.18. The van der Waals surface area contributed by atoms with E-state index in [2.05, 4.69) is 4.99 Å². The molecule has 6 heteroatoms. The van der Waals surface area contributed by atoms with E-state index in [4.69, 9.17) is 10.8 Å². The summed E-state index contributed by atoms with van der Waals surface area (Å²) in [6.45, 7) is -1.87. The number of nitrogens with one attached hydrogen (secondary N) is 2. The van der Waals surface area contributed by atoms with Crippen molar-refractivity contribution in [2.75, 3.05) is 6.67 Å². The maximum atomic E-state index is 12.3. The summed E-state index contributed by atoms with van der Waals surface area (Å²) in [5.74, 6) is 0. The Kier molecular flexibility index (Phi) is 4.94. The van der Waals surface area contributed by atoms with E-state index in [1.165, 1.54) is 0 Å². The van der Waals surface area contributed by atoms with Crippen molar-refractivity contribution in [1.82, 2.24) is 0 Å². The van der Waals surface area contributed by atoms with Gasteiger partial charge in [-0.3, -0.25) is 0 Å². The number of aliphatic imine (C=N–C) groups is 1. The van der Waals surface area contributed by atoms with Crippen LogP contribution in [-0.4, -0.2) is 30.9 Å². The molecule has 0 aromatic rings. The molecule has 0 saturated heterocycles. The fourth-order valence-corrected chi connectivity index (χ4v) is 0.620. The Balaban J connectivity index is 4.36. The lowest BCUT2D eigenvalue weighted by Crippen LogP contribution is -2.18. The van der Waals surface area contributed by atoms with E-state index in [0.29, 0.717) is 6.21 Å². The molecule has 0 bridgehead atoms. The highest BCUT2D eigenvalue weighted by Gasteiger charge is 2.27. The Hall–Kier alpha value is -1.20. The number of nitrogens with zero attached hydrogens (tertiary/aromatic N) is 1. The third-order valence-corrected chi connectivity index (χ3v) is 1.18. The van der Waals surface area contributed by atoms with Crippen molar-refractivity contribution in [3.63, 3.8) is 0 Å². The Bertz CT molecular complexity index is 213. The number of hydrogen-bond acceptors (Lipinski definition) is 3. The molecule has 0 aromatic heterocycles. The number of hydrogen-bond donors (Lipinski definition) is 2. The zero-order chi connectivity index (χ0) is 10.3. The molecule has 0 spiro atoms. The van der Waals surface area contributed by atoms with Crippen molar-refractivity contribution in [2.24, 2.45) is 4.99 Å². The van der Waals surface area contributed by atoms with Crippen molar-refractivity contribution in [3.8, 4) is 0 Å². The van der Waals surface area contributed by atoms with Gasteiger partial charge in [0, 0.05) is 6.21 Å². The molecule has 0 aliphatic heterocycles. The van der Waals surface area contributed by atoms with Crippen molar-refractivity contribution in [2.45, 2.75) is 18.9 Å². The highest BCUT2D eigenvalue weighted by Crippen LogP contribution is 2.16. The first-order valence-corrected chi connectivity index (χ1v) is 3.57. The first kappa shape index (κ1) is 11.8. The second kappa shape index (κ2) is 5.45. The Morgan fingerprint density at radius 2 is 2.00 bits per heavy atom. The summed E-state index contributed by atoms with van der Waals surface area (Å²) in [6, 6.07) is -3.74. The minimum absolute atomic E-state index is 0.0581. The van der Waals surface area contributed by atoms with Crippen LogP contribution in [0.2, 0.25) is 0 Å². The van der Waals surface area contributed by atoms with E-state index in [1.807, 2.05) is 0 Å². The highest BCUT2D eigenvalue weighted by molar-refractivity contribution is 6.29. The van der Waals surface area contributed by atoms with E-state index in [1.54, 1.807) is 0 Å². The normalized spacial score (nSPS) is 12.7. The number of alkyl halides is 3. The molecule has 2 N–H and O–H groups in total. The maximum absolute atomic E-state index is 12.3. The van der Waals surface area contributed by atoms with Gasteiger partial charge in [-0.15, -0.1) is 0 Å². The molecule has 0 unspecified atom stereocenters. The predicted molar refractivity (Wildman–Crippen MR) is 45.2 cm³/mol. The summed E-state index contributed by atoms with van der Waals surface area (Å²) in [4.78, 5) is 2.74. The van der Waals surface area contributed by atoms with Crippen LogP contribution >= 0.6 is 0 Å². The Morgan fingerprint density at radius 1 is 1.38 bits per heavy atom. The van der Waals surface area contributed by atoms with Gasteiger partial charge in [0.05, 0.1) is 5.71 Å². The summed E-state index contributed by atoms with van der Waals surface area (Å²) in [5.41, 5.74) is -0.203. The molecular formula is C7H10F3N3. The summed E-state index contributed by atoms with van der Waals surface area (Å²) in [6.07, 6.45) is 1.94. The van der Waals surface area contributed by atoms with Gasteiger partial charge in [0.25, 0.3) is 0 Å². The van der Waals surface area contributed by atoms with Crippen LogP contribution in [0.15, 0.2) is 4.99 Å². The molecule has 13 heavy (non-hydrogen) atoms. The smallest absolute Gasteiger partial charge is 0.313 e. The largest absolute Gasteiger partial charge is 0.370 e. The highest BCUT2D eigenvalue weighted by atomic mass is 19.3. The fraction of sp³-hybridized carbons (Fsp3) is 0.571. The van der Waals surface area contributed by atoms with Gasteiger partial charge < -0.3 is 10.8 Å². The molecule has 74 valence electrons. The van der Waals surface area contributed by atoms with Crippen LogP contribution in [0.3, 0.4) is 0 Å². The van der Waals surface area contributed by atoms with Gasteiger partial charge in [-0.05, 0) is 19.1 Å². The average Bonchev–Trinajstić information content (AvgIpc) is 2.12. The monoisotopic (exact) mass is 193 g/mol. The molecule has 0 aromatic carbocycles. The molecule has 0 atom stereocenters. The first-order chi connectivity index (χ1) is 6.05. The molecular weight excluding hydrogens is 183 g/mol. The summed E-state index contributed by atoms with van der Waals surface area (Å²) < 4.78 is 36.2. The molecule has 3 nitrogen and oxygen atoms in total. The quantitative estimate of drug-likeness (QED) is 0.479. The van der Waals surface area contributed by atoms with Crippen LogP contribution in [0.4, 0.5) is 13.2 Å². The first-order valence-electron chi connectivity index (χ1n) is 3.57. The standard InChI is InChI=1S/C7H10F3N3/c8-5-7(9,10)13-6(4-12)2-1-3-11/h3-4,11-12H,1-2,5H2/b11-3?,12-4?,13-6-. The molecule has 0 fully saturated rings. The van der Waals surface area contributed by atoms with Crippen molar-refractivity contribution in [1.29, 1.82) is 10.8 Å². The Morgan fingerprint density at radius 3 is 2.38 bits per heavy atom. The minimum Gasteiger partial charge on any atom is -0.313 e. The lowest BCUT2D eigenvalue weighted by molar-refractivity contribution is -0.0128. The van der Waals surface area contributed by atoms with Crippen LogP contribution < -0.4 is 0 Å². The SMILES string of the molecule is N=CCC/C(C=N)=N/C(F)(F)CF. The van der Waals surface area contributed by atoms with Gasteiger partial charge in [-0.25, -0.2) is 9.38 Å². The van der Waals surface area contributed by atoms with Gasteiger partial charge in [0.1, 0.15) is 0 Å². The summed E-state index contributed by atoms with van der Waals surface area (Å²) >= 11 is 0. The predicted octanol–water partition coefficient (Wildman–Crippen LogP) is 2.07. The molecule has 0 rings (SSSR count). The molecule has 0 aliphatic carbocycles. The third kappa shape index (κ3) is 5.10. The molecule has 0 heterocycles. The molecule has 0 radical (unpaired) electrons. The lowest BCUT2D eigenvalue weighted by Gasteiger charge is -2.07. The molecule has 0 amide bonds. The van der Waals surface area contributed by atoms with E-state index in [-0.39, 0.29) is 18.6 Å². The number of halogens is 3. The van der Waals surface area contributed by atoms with Crippen LogP contribution in [0.1, 0.15) is 12.8 Å². The van der Waals surface area contributed by atoms with Crippen LogP contribution in [-0.2, 0) is 0 Å².